The maximum Gasteiger partial charge on any atom is 0.190 e. The van der Waals surface area contributed by atoms with Crippen molar-refractivity contribution in [2.24, 2.45) is 0 Å². The van der Waals surface area contributed by atoms with Crippen LogP contribution in [0.5, 0.6) is 0 Å². The second-order valence-corrected chi connectivity index (χ2v) is 6.00. The Morgan fingerprint density at radius 2 is 2.17 bits per heavy atom. The highest BCUT2D eigenvalue weighted by Crippen LogP contribution is 2.41. The molecule has 1 aromatic rings. The maximum absolute atomic E-state index is 10.2. The zero-order valence-electron chi connectivity index (χ0n) is 10.1. The fourth-order valence-corrected chi connectivity index (χ4v) is 3.14. The van der Waals surface area contributed by atoms with Crippen molar-refractivity contribution in [3.63, 3.8) is 0 Å². The summed E-state index contributed by atoms with van der Waals surface area (Å²) >= 11 is 1.43. The largest absolute Gasteiger partial charge is 0.387 e. The van der Waals surface area contributed by atoms with Crippen molar-refractivity contribution in [3.05, 3.63) is 22.4 Å². The average Bonchev–Trinajstić information content (AvgIpc) is 2.96. The van der Waals surface area contributed by atoms with Crippen LogP contribution in [0.25, 0.3) is 0 Å². The van der Waals surface area contributed by atoms with Gasteiger partial charge in [0.15, 0.2) is 12.1 Å². The molecule has 2 fully saturated rings. The van der Waals surface area contributed by atoms with Gasteiger partial charge in [0.1, 0.15) is 24.4 Å². The SMILES string of the molecule is CC1(C)O[C@H]2O[C@H]([C@@H](O)c3cccs3)[C@H](O)[C@H]2O1. The summed E-state index contributed by atoms with van der Waals surface area (Å²) in [6, 6.07) is 3.66. The van der Waals surface area contributed by atoms with Crippen molar-refractivity contribution in [1.82, 2.24) is 0 Å². The molecule has 0 spiro atoms. The summed E-state index contributed by atoms with van der Waals surface area (Å²) in [7, 11) is 0. The van der Waals surface area contributed by atoms with E-state index in [9.17, 15) is 10.2 Å². The predicted molar refractivity (Wildman–Crippen MR) is 64.0 cm³/mol. The first-order valence-corrected chi connectivity index (χ1v) is 6.76. The maximum atomic E-state index is 10.2. The summed E-state index contributed by atoms with van der Waals surface area (Å²) in [5, 5.41) is 22.2. The third-order valence-electron chi connectivity index (χ3n) is 3.20. The summed E-state index contributed by atoms with van der Waals surface area (Å²) < 4.78 is 16.7. The summed E-state index contributed by atoms with van der Waals surface area (Å²) in [6.07, 6.45) is -3.63. The first-order valence-electron chi connectivity index (χ1n) is 5.88. The van der Waals surface area contributed by atoms with Crippen LogP contribution in [0.3, 0.4) is 0 Å². The van der Waals surface area contributed by atoms with Gasteiger partial charge in [-0.1, -0.05) is 6.07 Å². The van der Waals surface area contributed by atoms with Crippen LogP contribution in [0, 0.1) is 0 Å². The van der Waals surface area contributed by atoms with E-state index >= 15 is 0 Å². The van der Waals surface area contributed by atoms with Crippen molar-refractivity contribution in [2.75, 3.05) is 0 Å². The van der Waals surface area contributed by atoms with Crippen LogP contribution in [-0.2, 0) is 14.2 Å². The lowest BCUT2D eigenvalue weighted by Crippen LogP contribution is -2.37. The zero-order valence-corrected chi connectivity index (χ0v) is 11.0. The molecule has 0 saturated carbocycles. The van der Waals surface area contributed by atoms with E-state index in [2.05, 4.69) is 0 Å². The molecular formula is C12H16O5S. The fraction of sp³-hybridized carbons (Fsp3) is 0.667. The first kappa shape index (κ1) is 12.5. The Balaban J connectivity index is 1.75. The molecule has 18 heavy (non-hydrogen) atoms. The Hall–Kier alpha value is -0.500. The quantitative estimate of drug-likeness (QED) is 0.841. The van der Waals surface area contributed by atoms with Gasteiger partial charge in [-0.05, 0) is 25.3 Å². The van der Waals surface area contributed by atoms with Crippen molar-refractivity contribution in [1.29, 1.82) is 0 Å². The molecule has 0 aliphatic carbocycles. The van der Waals surface area contributed by atoms with Gasteiger partial charge in [-0.25, -0.2) is 0 Å². The third-order valence-corrected chi connectivity index (χ3v) is 4.14. The minimum Gasteiger partial charge on any atom is -0.387 e. The van der Waals surface area contributed by atoms with Gasteiger partial charge in [0.25, 0.3) is 0 Å². The number of rotatable bonds is 2. The van der Waals surface area contributed by atoms with Gasteiger partial charge in [0.05, 0.1) is 0 Å². The molecule has 0 bridgehead atoms. The normalized spacial score (nSPS) is 39.8. The van der Waals surface area contributed by atoms with E-state index < -0.39 is 36.5 Å². The highest BCUT2D eigenvalue weighted by atomic mass is 32.1. The Bertz CT molecular complexity index is 418. The summed E-state index contributed by atoms with van der Waals surface area (Å²) in [6.45, 7) is 3.54. The topological polar surface area (TPSA) is 68.2 Å². The molecule has 0 aromatic carbocycles. The Kier molecular flexibility index (Phi) is 2.97. The second-order valence-electron chi connectivity index (χ2n) is 5.02. The Morgan fingerprint density at radius 3 is 2.78 bits per heavy atom. The molecule has 100 valence electrons. The van der Waals surface area contributed by atoms with Crippen molar-refractivity contribution in [2.45, 2.75) is 50.3 Å². The highest BCUT2D eigenvalue weighted by molar-refractivity contribution is 7.10. The molecule has 2 aliphatic heterocycles. The lowest BCUT2D eigenvalue weighted by molar-refractivity contribution is -0.226. The monoisotopic (exact) mass is 272 g/mol. The molecule has 2 aliphatic rings. The highest BCUT2D eigenvalue weighted by Gasteiger charge is 2.56. The minimum atomic E-state index is -0.895. The van der Waals surface area contributed by atoms with Gasteiger partial charge >= 0.3 is 0 Å². The van der Waals surface area contributed by atoms with Crippen LogP contribution in [0.2, 0.25) is 0 Å². The molecular weight excluding hydrogens is 256 g/mol. The predicted octanol–water partition coefficient (Wildman–Crippen LogP) is 1.02. The van der Waals surface area contributed by atoms with Crippen LogP contribution in [0.1, 0.15) is 24.8 Å². The van der Waals surface area contributed by atoms with Gasteiger partial charge in [0.2, 0.25) is 0 Å². The molecule has 3 heterocycles. The number of hydrogen-bond donors (Lipinski definition) is 2. The molecule has 5 nitrogen and oxygen atoms in total. The van der Waals surface area contributed by atoms with Crippen LogP contribution >= 0.6 is 11.3 Å². The van der Waals surface area contributed by atoms with Crippen LogP contribution in [0.4, 0.5) is 0 Å². The first-order chi connectivity index (χ1) is 8.48. The smallest absolute Gasteiger partial charge is 0.190 e. The van der Waals surface area contributed by atoms with Gasteiger partial charge < -0.3 is 24.4 Å². The van der Waals surface area contributed by atoms with Gasteiger partial charge in [-0.3, -0.25) is 0 Å². The van der Waals surface area contributed by atoms with E-state index in [1.807, 2.05) is 17.5 Å². The third kappa shape index (κ3) is 1.99. The van der Waals surface area contributed by atoms with Crippen molar-refractivity contribution in [3.8, 4) is 0 Å². The van der Waals surface area contributed by atoms with Crippen molar-refractivity contribution < 1.29 is 24.4 Å². The Labute approximate surface area is 109 Å². The minimum absolute atomic E-state index is 0.542. The van der Waals surface area contributed by atoms with Crippen LogP contribution < -0.4 is 0 Å². The van der Waals surface area contributed by atoms with E-state index in [1.54, 1.807) is 13.8 Å². The zero-order chi connectivity index (χ0) is 12.9. The number of thiophene rings is 1. The lowest BCUT2D eigenvalue weighted by atomic mass is 10.0. The molecule has 3 rings (SSSR count). The van der Waals surface area contributed by atoms with E-state index in [4.69, 9.17) is 14.2 Å². The van der Waals surface area contributed by atoms with Gasteiger partial charge in [-0.15, -0.1) is 11.3 Å². The number of fused-ring (bicyclic) bond motifs is 1. The second kappa shape index (κ2) is 4.26. The average molecular weight is 272 g/mol. The van der Waals surface area contributed by atoms with Crippen molar-refractivity contribution >= 4 is 11.3 Å². The summed E-state index contributed by atoms with van der Waals surface area (Å²) in [5.41, 5.74) is 0. The molecule has 6 heteroatoms. The number of aliphatic hydroxyl groups excluding tert-OH is 2. The molecule has 2 N–H and O–H groups in total. The fourth-order valence-electron chi connectivity index (χ4n) is 2.40. The molecule has 0 radical (unpaired) electrons. The van der Waals surface area contributed by atoms with E-state index in [-0.39, 0.29) is 0 Å². The van der Waals surface area contributed by atoms with E-state index in [0.717, 1.165) is 4.88 Å². The van der Waals surface area contributed by atoms with E-state index in [1.165, 1.54) is 11.3 Å². The molecule has 0 amide bonds. The summed E-state index contributed by atoms with van der Waals surface area (Å²) in [4.78, 5) is 0.762. The molecule has 0 unspecified atom stereocenters. The van der Waals surface area contributed by atoms with Crippen LogP contribution in [-0.4, -0.2) is 40.6 Å². The standard InChI is InChI=1S/C12H16O5S/c1-12(2)16-10-8(14)9(15-11(10)17-12)7(13)6-4-3-5-18-6/h3-5,7-11,13-14H,1-2H3/t7-,8-,9+,10+,11+/m0/s1. The summed E-state index contributed by atoms with van der Waals surface area (Å²) in [5.74, 6) is -0.755. The number of hydrogen-bond acceptors (Lipinski definition) is 6. The Morgan fingerprint density at radius 1 is 1.39 bits per heavy atom. The lowest BCUT2D eigenvalue weighted by Gasteiger charge is -2.25. The van der Waals surface area contributed by atoms with Gasteiger partial charge in [0, 0.05) is 4.88 Å². The van der Waals surface area contributed by atoms with Crippen LogP contribution in [0.15, 0.2) is 17.5 Å². The molecule has 2 saturated heterocycles. The molecule has 5 atom stereocenters. The van der Waals surface area contributed by atoms with Gasteiger partial charge in [-0.2, -0.15) is 0 Å². The number of ether oxygens (including phenoxy) is 3. The van der Waals surface area contributed by atoms with E-state index in [0.29, 0.717) is 0 Å². The number of aliphatic hydroxyl groups is 2. The molecule has 1 aromatic heterocycles.